The third-order valence-corrected chi connectivity index (χ3v) is 1.63. The molecule has 0 spiro atoms. The van der Waals surface area contributed by atoms with Gasteiger partial charge in [-0.25, -0.2) is 0 Å². The molecule has 1 aromatic rings. The van der Waals surface area contributed by atoms with Crippen molar-refractivity contribution >= 4 is 5.78 Å². The van der Waals surface area contributed by atoms with E-state index in [1.807, 2.05) is 26.0 Å². The molecule has 0 bridgehead atoms. The van der Waals surface area contributed by atoms with Gasteiger partial charge in [0.05, 0.1) is 17.8 Å². The molecule has 0 atom stereocenters. The molecule has 0 aromatic carbocycles. The molecule has 1 rings (SSSR count). The summed E-state index contributed by atoms with van der Waals surface area (Å²) in [5, 5.41) is 7.76. The molecule has 0 saturated heterocycles. The lowest BCUT2D eigenvalue weighted by Crippen LogP contribution is -2.03. The lowest BCUT2D eigenvalue weighted by Gasteiger charge is -1.96. The first kappa shape index (κ1) is 8.84. The summed E-state index contributed by atoms with van der Waals surface area (Å²) in [5.41, 5.74) is 1.63. The molecule has 64 valence electrons. The summed E-state index contributed by atoms with van der Waals surface area (Å²) in [6, 6.07) is 3.71. The van der Waals surface area contributed by atoms with Crippen LogP contribution in [0.2, 0.25) is 0 Å². The maximum Gasteiger partial charge on any atom is 0.138 e. The summed E-state index contributed by atoms with van der Waals surface area (Å²) in [6.45, 7) is 3.72. The van der Waals surface area contributed by atoms with Gasteiger partial charge in [0.25, 0.3) is 0 Å². The van der Waals surface area contributed by atoms with Crippen molar-refractivity contribution in [2.24, 2.45) is 0 Å². The van der Waals surface area contributed by atoms with E-state index < -0.39 is 0 Å². The van der Waals surface area contributed by atoms with E-state index >= 15 is 0 Å². The van der Waals surface area contributed by atoms with Gasteiger partial charge in [0.1, 0.15) is 5.78 Å². The zero-order valence-electron chi connectivity index (χ0n) is 7.37. The predicted octanol–water partition coefficient (Wildman–Crippen LogP) is 1.31. The van der Waals surface area contributed by atoms with Gasteiger partial charge in [-0.05, 0) is 19.1 Å². The van der Waals surface area contributed by atoms with Crippen LogP contribution in [0.4, 0.5) is 0 Å². The van der Waals surface area contributed by atoms with E-state index in [-0.39, 0.29) is 5.78 Å². The summed E-state index contributed by atoms with van der Waals surface area (Å²) in [7, 11) is 0. The number of carbonyl (C=O) groups is 1. The second-order valence-corrected chi connectivity index (χ2v) is 2.74. The molecular formula is C9H12N2O. The maximum absolute atomic E-state index is 11.0. The van der Waals surface area contributed by atoms with Crippen LogP contribution in [-0.4, -0.2) is 16.0 Å². The van der Waals surface area contributed by atoms with Crippen LogP contribution in [0.5, 0.6) is 0 Å². The molecule has 1 aromatic heterocycles. The van der Waals surface area contributed by atoms with E-state index in [0.29, 0.717) is 12.8 Å². The Bertz CT molecular complexity index is 266. The summed E-state index contributed by atoms with van der Waals surface area (Å²) in [4.78, 5) is 11.0. The van der Waals surface area contributed by atoms with Crippen molar-refractivity contribution in [2.45, 2.75) is 26.7 Å². The van der Waals surface area contributed by atoms with Crippen molar-refractivity contribution in [3.63, 3.8) is 0 Å². The number of rotatable bonds is 3. The number of aryl methyl sites for hydroxylation is 1. The van der Waals surface area contributed by atoms with Gasteiger partial charge in [-0.1, -0.05) is 6.92 Å². The van der Waals surface area contributed by atoms with Crippen molar-refractivity contribution in [1.29, 1.82) is 0 Å². The van der Waals surface area contributed by atoms with Gasteiger partial charge >= 0.3 is 0 Å². The SMILES string of the molecule is CCC(=O)Cc1ccc(C)nn1. The van der Waals surface area contributed by atoms with Gasteiger partial charge in [-0.2, -0.15) is 10.2 Å². The van der Waals surface area contributed by atoms with Crippen LogP contribution < -0.4 is 0 Å². The van der Waals surface area contributed by atoms with E-state index in [4.69, 9.17) is 0 Å². The standard InChI is InChI=1S/C9H12N2O/c1-3-9(12)6-8-5-4-7(2)10-11-8/h4-5H,3,6H2,1-2H3. The normalized spacial score (nSPS) is 9.83. The van der Waals surface area contributed by atoms with Gasteiger partial charge in [0.2, 0.25) is 0 Å². The molecule has 0 N–H and O–H groups in total. The van der Waals surface area contributed by atoms with Crippen LogP contribution in [0, 0.1) is 6.92 Å². The third kappa shape index (κ3) is 2.42. The quantitative estimate of drug-likeness (QED) is 0.676. The van der Waals surface area contributed by atoms with E-state index in [1.165, 1.54) is 0 Å². The molecule has 3 heteroatoms. The zero-order chi connectivity index (χ0) is 8.97. The van der Waals surface area contributed by atoms with Crippen molar-refractivity contribution in [1.82, 2.24) is 10.2 Å². The first-order valence-electron chi connectivity index (χ1n) is 4.03. The highest BCUT2D eigenvalue weighted by Crippen LogP contribution is 1.98. The molecule has 0 saturated carbocycles. The second kappa shape index (κ2) is 3.95. The van der Waals surface area contributed by atoms with Crippen LogP contribution in [0.25, 0.3) is 0 Å². The minimum atomic E-state index is 0.202. The minimum absolute atomic E-state index is 0.202. The van der Waals surface area contributed by atoms with E-state index in [9.17, 15) is 4.79 Å². The fourth-order valence-corrected chi connectivity index (χ4v) is 0.848. The minimum Gasteiger partial charge on any atom is -0.299 e. The molecule has 0 radical (unpaired) electrons. The van der Waals surface area contributed by atoms with E-state index in [0.717, 1.165) is 11.4 Å². The van der Waals surface area contributed by atoms with E-state index in [1.54, 1.807) is 0 Å². The number of hydrogen-bond donors (Lipinski definition) is 0. The fourth-order valence-electron chi connectivity index (χ4n) is 0.848. The van der Waals surface area contributed by atoms with Gasteiger partial charge in [0, 0.05) is 6.42 Å². The van der Waals surface area contributed by atoms with Crippen LogP contribution >= 0.6 is 0 Å². The number of carbonyl (C=O) groups excluding carboxylic acids is 1. The van der Waals surface area contributed by atoms with Gasteiger partial charge < -0.3 is 0 Å². The van der Waals surface area contributed by atoms with Gasteiger partial charge in [-0.15, -0.1) is 0 Å². The third-order valence-electron chi connectivity index (χ3n) is 1.63. The molecule has 0 aliphatic heterocycles. The fraction of sp³-hybridized carbons (Fsp3) is 0.444. The Kier molecular flexibility index (Phi) is 2.91. The molecule has 0 aliphatic carbocycles. The number of hydrogen-bond acceptors (Lipinski definition) is 3. The predicted molar refractivity (Wildman–Crippen MR) is 45.8 cm³/mol. The lowest BCUT2D eigenvalue weighted by atomic mass is 10.2. The largest absolute Gasteiger partial charge is 0.299 e. The van der Waals surface area contributed by atoms with Crippen molar-refractivity contribution in [3.05, 3.63) is 23.5 Å². The van der Waals surface area contributed by atoms with Crippen LogP contribution in [-0.2, 0) is 11.2 Å². The average Bonchev–Trinajstić information content (AvgIpc) is 2.09. The molecule has 3 nitrogen and oxygen atoms in total. The highest BCUT2D eigenvalue weighted by Gasteiger charge is 2.01. The Morgan fingerprint density at radius 2 is 2.17 bits per heavy atom. The van der Waals surface area contributed by atoms with Crippen LogP contribution in [0.15, 0.2) is 12.1 Å². The second-order valence-electron chi connectivity index (χ2n) is 2.74. The lowest BCUT2D eigenvalue weighted by molar-refractivity contribution is -0.118. The number of nitrogens with zero attached hydrogens (tertiary/aromatic N) is 2. The Morgan fingerprint density at radius 1 is 1.42 bits per heavy atom. The Hall–Kier alpha value is -1.25. The first-order valence-corrected chi connectivity index (χ1v) is 4.03. The molecule has 0 aliphatic rings. The molecular weight excluding hydrogens is 152 g/mol. The Labute approximate surface area is 71.8 Å². The van der Waals surface area contributed by atoms with Crippen LogP contribution in [0.3, 0.4) is 0 Å². The zero-order valence-corrected chi connectivity index (χ0v) is 7.37. The summed E-state index contributed by atoms with van der Waals surface area (Å²) < 4.78 is 0. The highest BCUT2D eigenvalue weighted by atomic mass is 16.1. The molecule has 12 heavy (non-hydrogen) atoms. The molecule has 0 fully saturated rings. The maximum atomic E-state index is 11.0. The summed E-state index contributed by atoms with van der Waals surface area (Å²) in [5.74, 6) is 0.202. The molecule has 1 heterocycles. The first-order chi connectivity index (χ1) is 5.72. The van der Waals surface area contributed by atoms with E-state index in [2.05, 4.69) is 10.2 Å². The van der Waals surface area contributed by atoms with Gasteiger partial charge in [-0.3, -0.25) is 4.79 Å². The number of aromatic nitrogens is 2. The van der Waals surface area contributed by atoms with Crippen molar-refractivity contribution in [2.75, 3.05) is 0 Å². The smallest absolute Gasteiger partial charge is 0.138 e. The topological polar surface area (TPSA) is 42.9 Å². The number of Topliss-reactive ketones (excluding diaryl/α,β-unsaturated/α-hetero) is 1. The van der Waals surface area contributed by atoms with Crippen LogP contribution in [0.1, 0.15) is 24.7 Å². The average molecular weight is 164 g/mol. The number of ketones is 1. The van der Waals surface area contributed by atoms with Crippen molar-refractivity contribution < 1.29 is 4.79 Å². The highest BCUT2D eigenvalue weighted by molar-refractivity contribution is 5.79. The summed E-state index contributed by atoms with van der Waals surface area (Å²) in [6.07, 6.45) is 0.972. The monoisotopic (exact) mass is 164 g/mol. The Morgan fingerprint density at radius 3 is 2.67 bits per heavy atom. The van der Waals surface area contributed by atoms with Crippen molar-refractivity contribution in [3.8, 4) is 0 Å². The summed E-state index contributed by atoms with van der Waals surface area (Å²) >= 11 is 0. The Balaban J connectivity index is 2.64. The van der Waals surface area contributed by atoms with Gasteiger partial charge in [0.15, 0.2) is 0 Å². The molecule has 0 amide bonds. The molecule has 0 unspecified atom stereocenters.